The van der Waals surface area contributed by atoms with Crippen LogP contribution in [-0.4, -0.2) is 15.4 Å². The number of hydrogen-bond acceptors (Lipinski definition) is 3. The quantitative estimate of drug-likeness (QED) is 0.390. The fourth-order valence-corrected chi connectivity index (χ4v) is 1.92. The van der Waals surface area contributed by atoms with Crippen LogP contribution < -0.4 is 0 Å². The minimum atomic E-state index is -0.562. The summed E-state index contributed by atoms with van der Waals surface area (Å²) in [4.78, 5) is 4.01. The highest BCUT2D eigenvalue weighted by atomic mass is 35.5. The third kappa shape index (κ3) is 2.30. The molecule has 0 bridgehead atoms. The van der Waals surface area contributed by atoms with Crippen molar-refractivity contribution in [2.45, 2.75) is 26.2 Å². The molecule has 1 N–H and O–H groups in total. The number of pyridine rings is 1. The zero-order valence-electron chi connectivity index (χ0n) is 9.41. The first-order valence-electron chi connectivity index (χ1n) is 4.93. The van der Waals surface area contributed by atoms with Crippen molar-refractivity contribution in [1.29, 1.82) is 0 Å². The second kappa shape index (κ2) is 5.02. The Morgan fingerprint density at radius 1 is 1.50 bits per heavy atom. The maximum Gasteiger partial charge on any atom is 0.155 e. The lowest BCUT2D eigenvalue weighted by Crippen LogP contribution is -2.35. The Labute approximate surface area is 105 Å². The number of rotatable bonds is 3. The molecule has 5 heteroatoms. The van der Waals surface area contributed by atoms with E-state index in [1.54, 1.807) is 12.3 Å². The van der Waals surface area contributed by atoms with Crippen molar-refractivity contribution >= 4 is 28.4 Å². The fourth-order valence-electron chi connectivity index (χ4n) is 1.48. The average Bonchev–Trinajstić information content (AvgIpc) is 2.27. The zero-order chi connectivity index (χ0) is 12.3. The van der Waals surface area contributed by atoms with E-state index in [1.165, 1.54) is 0 Å². The van der Waals surface area contributed by atoms with Crippen molar-refractivity contribution in [2.75, 3.05) is 0 Å². The topological polar surface area (TPSA) is 45.5 Å². The van der Waals surface area contributed by atoms with Crippen LogP contribution in [0.3, 0.4) is 0 Å². The van der Waals surface area contributed by atoms with Gasteiger partial charge in [-0.1, -0.05) is 48.3 Å². The maximum absolute atomic E-state index is 8.84. The van der Waals surface area contributed by atoms with Crippen molar-refractivity contribution in [3.63, 3.8) is 0 Å². The summed E-state index contributed by atoms with van der Waals surface area (Å²) in [5.74, 6) is 0.166. The minimum absolute atomic E-state index is 0.145. The van der Waals surface area contributed by atoms with Gasteiger partial charge in [0.2, 0.25) is 0 Å². The molecule has 0 aliphatic heterocycles. The van der Waals surface area contributed by atoms with Gasteiger partial charge in [0.15, 0.2) is 5.17 Å². The first-order chi connectivity index (χ1) is 7.42. The summed E-state index contributed by atoms with van der Waals surface area (Å²) in [6, 6.07) is 3.53. The Morgan fingerprint density at radius 2 is 2.12 bits per heavy atom. The van der Waals surface area contributed by atoms with Gasteiger partial charge in [-0.15, -0.1) is 0 Å². The van der Waals surface area contributed by atoms with Gasteiger partial charge in [0.25, 0.3) is 0 Å². The second-order valence-corrected chi connectivity index (χ2v) is 4.86. The van der Waals surface area contributed by atoms with Crippen molar-refractivity contribution in [1.82, 2.24) is 4.98 Å². The molecule has 88 valence electrons. The molecule has 0 aliphatic rings. The van der Waals surface area contributed by atoms with Crippen LogP contribution in [0.1, 0.15) is 26.3 Å². The Morgan fingerprint density at radius 3 is 2.50 bits per heavy atom. The molecule has 1 atom stereocenters. The second-order valence-electron chi connectivity index (χ2n) is 4.12. The van der Waals surface area contributed by atoms with E-state index in [0.717, 1.165) is 5.56 Å². The molecule has 0 aliphatic carbocycles. The number of halogens is 2. The molecule has 0 saturated carbocycles. The lowest BCUT2D eigenvalue weighted by Gasteiger charge is -2.31. The van der Waals surface area contributed by atoms with E-state index in [0.29, 0.717) is 5.15 Å². The highest BCUT2D eigenvalue weighted by Gasteiger charge is 2.36. The molecule has 1 aromatic heterocycles. The summed E-state index contributed by atoms with van der Waals surface area (Å²) in [5.41, 5.74) is 0.308. The number of nitrogens with zero attached hydrogens (tertiary/aromatic N) is 2. The molecule has 1 aromatic rings. The van der Waals surface area contributed by atoms with Crippen LogP contribution in [0.2, 0.25) is 5.15 Å². The van der Waals surface area contributed by atoms with E-state index in [4.69, 9.17) is 28.4 Å². The van der Waals surface area contributed by atoms with Crippen LogP contribution in [0.4, 0.5) is 0 Å². The van der Waals surface area contributed by atoms with Crippen LogP contribution in [0.25, 0.3) is 0 Å². The highest BCUT2D eigenvalue weighted by molar-refractivity contribution is 6.67. The van der Waals surface area contributed by atoms with Gasteiger partial charge >= 0.3 is 0 Å². The van der Waals surface area contributed by atoms with Gasteiger partial charge in [-0.3, -0.25) is 0 Å². The molecule has 1 unspecified atom stereocenters. The molecule has 0 spiro atoms. The molecule has 0 saturated heterocycles. The van der Waals surface area contributed by atoms with Gasteiger partial charge in [0.1, 0.15) is 5.15 Å². The zero-order valence-corrected chi connectivity index (χ0v) is 10.9. The Balaban J connectivity index is 3.27. The first-order valence-corrected chi connectivity index (χ1v) is 5.68. The van der Waals surface area contributed by atoms with Crippen LogP contribution >= 0.6 is 23.2 Å². The van der Waals surface area contributed by atoms with E-state index in [1.807, 2.05) is 26.8 Å². The smallest absolute Gasteiger partial charge is 0.155 e. The standard InChI is InChI=1S/C11H14Cl2N2O/c1-7(2)11(3,10(13)15-16)8-4-5-9(12)14-6-8/h4-7,16H,1-3H3. The van der Waals surface area contributed by atoms with E-state index in [-0.39, 0.29) is 11.1 Å². The molecular formula is C11H14Cl2N2O. The van der Waals surface area contributed by atoms with Crippen LogP contribution in [-0.2, 0) is 5.41 Å². The van der Waals surface area contributed by atoms with Crippen LogP contribution in [0, 0.1) is 5.92 Å². The number of oxime groups is 1. The van der Waals surface area contributed by atoms with Crippen molar-refractivity contribution in [3.8, 4) is 0 Å². The molecular weight excluding hydrogens is 247 g/mol. The molecule has 1 heterocycles. The van der Waals surface area contributed by atoms with E-state index >= 15 is 0 Å². The summed E-state index contributed by atoms with van der Waals surface area (Å²) in [7, 11) is 0. The van der Waals surface area contributed by atoms with Crippen molar-refractivity contribution in [3.05, 3.63) is 29.0 Å². The predicted octanol–water partition coefficient (Wildman–Crippen LogP) is 3.68. The predicted molar refractivity (Wildman–Crippen MR) is 66.5 cm³/mol. The highest BCUT2D eigenvalue weighted by Crippen LogP contribution is 2.35. The van der Waals surface area contributed by atoms with Gasteiger partial charge in [-0.05, 0) is 24.5 Å². The molecule has 0 radical (unpaired) electrons. The monoisotopic (exact) mass is 260 g/mol. The third-order valence-electron chi connectivity index (χ3n) is 3.00. The average molecular weight is 261 g/mol. The molecule has 1 rings (SSSR count). The summed E-state index contributed by atoms with van der Waals surface area (Å²) >= 11 is 11.7. The molecule has 3 nitrogen and oxygen atoms in total. The molecule has 0 fully saturated rings. The van der Waals surface area contributed by atoms with Gasteiger partial charge in [-0.2, -0.15) is 0 Å². The Kier molecular flexibility index (Phi) is 4.16. The molecule has 16 heavy (non-hydrogen) atoms. The SMILES string of the molecule is CC(C)C(C)(C(Cl)=NO)c1ccc(Cl)nc1. The lowest BCUT2D eigenvalue weighted by atomic mass is 9.75. The summed E-state index contributed by atoms with van der Waals surface area (Å²) < 4.78 is 0. The molecule has 0 amide bonds. The Bertz CT molecular complexity index is 389. The van der Waals surface area contributed by atoms with Gasteiger partial charge in [0, 0.05) is 6.20 Å². The van der Waals surface area contributed by atoms with Gasteiger partial charge in [0.05, 0.1) is 5.41 Å². The van der Waals surface area contributed by atoms with Gasteiger partial charge < -0.3 is 5.21 Å². The van der Waals surface area contributed by atoms with Gasteiger partial charge in [-0.25, -0.2) is 4.98 Å². The first kappa shape index (κ1) is 13.3. The maximum atomic E-state index is 8.84. The van der Waals surface area contributed by atoms with Crippen LogP contribution in [0.5, 0.6) is 0 Å². The van der Waals surface area contributed by atoms with Crippen LogP contribution in [0.15, 0.2) is 23.5 Å². The van der Waals surface area contributed by atoms with E-state index in [2.05, 4.69) is 10.1 Å². The Hall–Kier alpha value is -0.800. The van der Waals surface area contributed by atoms with E-state index < -0.39 is 5.41 Å². The fraction of sp³-hybridized carbons (Fsp3) is 0.455. The number of hydrogen-bond donors (Lipinski definition) is 1. The van der Waals surface area contributed by atoms with Crippen molar-refractivity contribution < 1.29 is 5.21 Å². The minimum Gasteiger partial charge on any atom is -0.410 e. The third-order valence-corrected chi connectivity index (χ3v) is 3.69. The molecule has 0 aromatic carbocycles. The normalized spacial score (nSPS) is 16.2. The van der Waals surface area contributed by atoms with E-state index in [9.17, 15) is 0 Å². The van der Waals surface area contributed by atoms with Crippen molar-refractivity contribution in [2.24, 2.45) is 11.1 Å². The summed E-state index contributed by atoms with van der Waals surface area (Å²) in [6.07, 6.45) is 1.65. The summed E-state index contributed by atoms with van der Waals surface area (Å²) in [5, 5.41) is 12.5. The summed E-state index contributed by atoms with van der Waals surface area (Å²) in [6.45, 7) is 5.91. The largest absolute Gasteiger partial charge is 0.410 e. The lowest BCUT2D eigenvalue weighted by molar-refractivity contribution is 0.310. The number of aromatic nitrogens is 1.